The number of halogens is 1. The zero-order valence-electron chi connectivity index (χ0n) is 18.8. The number of hydrogen-bond acceptors (Lipinski definition) is 3. The highest BCUT2D eigenvalue weighted by molar-refractivity contribution is 6.04. The number of aliphatic carboxylic acids is 1. The molecular weight excluding hydrogens is 423 g/mol. The Hall–Kier alpha value is -4.00. The van der Waals surface area contributed by atoms with Crippen LogP contribution in [0.5, 0.6) is 0 Å². The number of nitrogens with zero attached hydrogens (tertiary/aromatic N) is 1. The van der Waals surface area contributed by atoms with Crippen LogP contribution in [0, 0.1) is 12.7 Å². The number of carbonyl (C=O) groups is 3. The maximum absolute atomic E-state index is 13.7. The lowest BCUT2D eigenvalue weighted by Gasteiger charge is -2.31. The van der Waals surface area contributed by atoms with E-state index < -0.39 is 23.2 Å². The predicted molar refractivity (Wildman–Crippen MR) is 125 cm³/mol. The summed E-state index contributed by atoms with van der Waals surface area (Å²) >= 11 is 0. The normalized spacial score (nSPS) is 11.1. The second-order valence-corrected chi connectivity index (χ2v) is 8.30. The third-order valence-electron chi connectivity index (χ3n) is 5.71. The van der Waals surface area contributed by atoms with E-state index in [2.05, 4.69) is 5.32 Å². The molecule has 0 unspecified atom stereocenters. The summed E-state index contributed by atoms with van der Waals surface area (Å²) in [6.07, 6.45) is 0. The van der Waals surface area contributed by atoms with Crippen LogP contribution in [0.3, 0.4) is 0 Å². The fourth-order valence-corrected chi connectivity index (χ4v) is 3.08. The third-order valence-corrected chi connectivity index (χ3v) is 5.71. The van der Waals surface area contributed by atoms with Gasteiger partial charge < -0.3 is 15.3 Å². The molecule has 3 aromatic carbocycles. The molecule has 0 bridgehead atoms. The summed E-state index contributed by atoms with van der Waals surface area (Å²) in [5, 5.41) is 12.1. The Morgan fingerprint density at radius 1 is 0.879 bits per heavy atom. The van der Waals surface area contributed by atoms with Crippen molar-refractivity contribution in [2.45, 2.75) is 26.3 Å². The highest BCUT2D eigenvalue weighted by atomic mass is 19.1. The van der Waals surface area contributed by atoms with E-state index in [1.165, 1.54) is 31.9 Å². The molecule has 33 heavy (non-hydrogen) atoms. The minimum atomic E-state index is -1.33. The van der Waals surface area contributed by atoms with Gasteiger partial charge in [-0.05, 0) is 73.9 Å². The Morgan fingerprint density at radius 3 is 1.91 bits per heavy atom. The minimum Gasteiger partial charge on any atom is -0.480 e. The topological polar surface area (TPSA) is 86.7 Å². The number of hydrogen-bond donors (Lipinski definition) is 2. The molecule has 0 aromatic heterocycles. The highest BCUT2D eigenvalue weighted by Gasteiger charge is 2.35. The number of likely N-dealkylation sites (N-methyl/N-ethyl adjacent to an activating group) is 1. The maximum atomic E-state index is 13.7. The number of benzene rings is 3. The molecule has 2 amide bonds. The van der Waals surface area contributed by atoms with Gasteiger partial charge >= 0.3 is 5.97 Å². The number of carboxylic acid groups (broad SMARTS) is 1. The Kier molecular flexibility index (Phi) is 6.62. The van der Waals surface area contributed by atoms with Crippen LogP contribution in [0.25, 0.3) is 11.1 Å². The van der Waals surface area contributed by atoms with Crippen molar-refractivity contribution >= 4 is 23.5 Å². The molecule has 6 nitrogen and oxygen atoms in total. The first-order valence-electron chi connectivity index (χ1n) is 10.3. The summed E-state index contributed by atoms with van der Waals surface area (Å²) < 4.78 is 13.7. The molecule has 0 aliphatic heterocycles. The molecule has 0 heterocycles. The molecular formula is C26H25FN2O4. The molecule has 0 radical (unpaired) electrons. The summed E-state index contributed by atoms with van der Waals surface area (Å²) in [5.41, 5.74) is 2.04. The van der Waals surface area contributed by atoms with E-state index in [9.17, 15) is 23.9 Å². The second-order valence-electron chi connectivity index (χ2n) is 8.30. The van der Waals surface area contributed by atoms with Gasteiger partial charge in [0.2, 0.25) is 0 Å². The first-order valence-corrected chi connectivity index (χ1v) is 10.3. The van der Waals surface area contributed by atoms with Crippen molar-refractivity contribution in [2.24, 2.45) is 0 Å². The molecule has 3 aromatic rings. The van der Waals surface area contributed by atoms with Gasteiger partial charge in [-0.1, -0.05) is 30.3 Å². The van der Waals surface area contributed by atoms with Crippen molar-refractivity contribution < 1.29 is 23.9 Å². The van der Waals surface area contributed by atoms with Gasteiger partial charge in [0.15, 0.2) is 0 Å². The quantitative estimate of drug-likeness (QED) is 0.556. The molecule has 7 heteroatoms. The van der Waals surface area contributed by atoms with E-state index in [0.29, 0.717) is 16.8 Å². The molecule has 0 fully saturated rings. The summed E-state index contributed by atoms with van der Waals surface area (Å²) in [4.78, 5) is 37.6. The number of carbonyl (C=O) groups excluding carboxylic acids is 2. The van der Waals surface area contributed by atoms with Crippen LogP contribution in [0.15, 0.2) is 66.7 Å². The average Bonchev–Trinajstić information content (AvgIpc) is 2.80. The van der Waals surface area contributed by atoms with Gasteiger partial charge in [0.1, 0.15) is 11.4 Å². The summed E-state index contributed by atoms with van der Waals surface area (Å²) in [7, 11) is 1.46. The lowest BCUT2D eigenvalue weighted by molar-refractivity contribution is -0.147. The van der Waals surface area contributed by atoms with Gasteiger partial charge in [0, 0.05) is 23.9 Å². The summed E-state index contributed by atoms with van der Waals surface area (Å²) in [6, 6.07) is 18.3. The van der Waals surface area contributed by atoms with Crippen molar-refractivity contribution in [3.63, 3.8) is 0 Å². The number of aryl methyl sites for hydroxylation is 1. The molecule has 170 valence electrons. The fraction of sp³-hybridized carbons (Fsp3) is 0.192. The smallest absolute Gasteiger partial charge is 0.329 e. The van der Waals surface area contributed by atoms with Crippen molar-refractivity contribution in [3.05, 3.63) is 89.2 Å². The Morgan fingerprint density at radius 2 is 1.39 bits per heavy atom. The van der Waals surface area contributed by atoms with Gasteiger partial charge in [-0.2, -0.15) is 0 Å². The van der Waals surface area contributed by atoms with Crippen LogP contribution < -0.4 is 5.32 Å². The van der Waals surface area contributed by atoms with E-state index in [1.54, 1.807) is 55.5 Å². The monoisotopic (exact) mass is 448 g/mol. The van der Waals surface area contributed by atoms with E-state index in [4.69, 9.17) is 0 Å². The first kappa shape index (κ1) is 23.7. The summed E-state index contributed by atoms with van der Waals surface area (Å²) in [6.45, 7) is 4.57. The maximum Gasteiger partial charge on any atom is 0.329 e. The number of amides is 2. The van der Waals surface area contributed by atoms with Crippen LogP contribution in [-0.2, 0) is 4.79 Å². The zero-order valence-corrected chi connectivity index (χ0v) is 18.8. The van der Waals surface area contributed by atoms with Crippen LogP contribution in [-0.4, -0.2) is 40.4 Å². The number of nitrogens with one attached hydrogen (secondary N) is 1. The van der Waals surface area contributed by atoms with Crippen LogP contribution in [0.1, 0.15) is 40.1 Å². The molecule has 0 spiro atoms. The van der Waals surface area contributed by atoms with E-state index in [-0.39, 0.29) is 11.5 Å². The molecule has 0 aliphatic carbocycles. The van der Waals surface area contributed by atoms with Gasteiger partial charge in [-0.25, -0.2) is 9.18 Å². The van der Waals surface area contributed by atoms with E-state index in [0.717, 1.165) is 11.1 Å². The predicted octanol–water partition coefficient (Wildman–Crippen LogP) is 4.99. The van der Waals surface area contributed by atoms with Crippen molar-refractivity contribution in [3.8, 4) is 11.1 Å². The van der Waals surface area contributed by atoms with Gasteiger partial charge in [-0.3, -0.25) is 9.59 Å². The van der Waals surface area contributed by atoms with Crippen LogP contribution in [0.4, 0.5) is 10.1 Å². The number of carboxylic acids is 1. The zero-order chi connectivity index (χ0) is 24.3. The number of anilines is 1. The molecule has 0 aliphatic rings. The molecule has 0 saturated heterocycles. The number of rotatable bonds is 6. The third kappa shape index (κ3) is 5.09. The Bertz CT molecular complexity index is 1200. The molecule has 0 saturated carbocycles. The van der Waals surface area contributed by atoms with Crippen LogP contribution in [0.2, 0.25) is 0 Å². The minimum absolute atomic E-state index is 0.235. The largest absolute Gasteiger partial charge is 0.480 e. The lowest BCUT2D eigenvalue weighted by Crippen LogP contribution is -2.50. The van der Waals surface area contributed by atoms with Crippen molar-refractivity contribution in [1.29, 1.82) is 0 Å². The van der Waals surface area contributed by atoms with Crippen molar-refractivity contribution in [2.75, 3.05) is 12.4 Å². The fourth-order valence-electron chi connectivity index (χ4n) is 3.08. The lowest BCUT2D eigenvalue weighted by atomic mass is 10.0. The van der Waals surface area contributed by atoms with Gasteiger partial charge in [0.05, 0.1) is 0 Å². The van der Waals surface area contributed by atoms with E-state index >= 15 is 0 Å². The SMILES string of the molecule is Cc1ccc(C(=O)Nc2ccc(-c3ccc(C(=O)N(C)C(C)(C)C(=O)O)cc3)cc2)cc1F. The average molecular weight is 448 g/mol. The molecule has 2 N–H and O–H groups in total. The van der Waals surface area contributed by atoms with Crippen molar-refractivity contribution in [1.82, 2.24) is 4.90 Å². The second kappa shape index (κ2) is 9.24. The highest BCUT2D eigenvalue weighted by Crippen LogP contribution is 2.24. The van der Waals surface area contributed by atoms with Gasteiger partial charge in [0.25, 0.3) is 11.8 Å². The standard InChI is InChI=1S/C26H25FN2O4/c1-16-5-6-20(15-22(16)27)23(30)28-21-13-11-18(12-14-21)17-7-9-19(10-8-17)24(31)29(4)26(2,3)25(32)33/h5-15H,1-4H3,(H,28,30)(H,32,33). The Balaban J connectivity index is 1.71. The molecule has 3 rings (SSSR count). The Labute approximate surface area is 191 Å². The first-order chi connectivity index (χ1) is 15.5. The molecule has 0 atom stereocenters. The van der Waals surface area contributed by atoms with Crippen LogP contribution >= 0.6 is 0 Å². The van der Waals surface area contributed by atoms with Gasteiger partial charge in [-0.15, -0.1) is 0 Å². The van der Waals surface area contributed by atoms with E-state index in [1.807, 2.05) is 12.1 Å². The summed E-state index contributed by atoms with van der Waals surface area (Å²) in [5.74, 6) is -2.32.